The highest BCUT2D eigenvalue weighted by atomic mass is 79.9. The minimum Gasteiger partial charge on any atom is -0.383 e. The topological polar surface area (TPSA) is 58.3 Å². The maximum Gasteiger partial charge on any atom is 0.148 e. The third kappa shape index (κ3) is 3.11. The molecule has 0 spiro atoms. The first kappa shape index (κ1) is 13.5. The summed E-state index contributed by atoms with van der Waals surface area (Å²) in [6.45, 7) is 9.82. The molecule has 5 nitrogen and oxygen atoms in total. The predicted molar refractivity (Wildman–Crippen MR) is 77.6 cm³/mol. The molecule has 0 amide bonds. The molecule has 2 heterocycles. The van der Waals surface area contributed by atoms with E-state index >= 15 is 0 Å². The smallest absolute Gasteiger partial charge is 0.148 e. The fourth-order valence-electron chi connectivity index (χ4n) is 2.25. The number of hydrogen-bond donors (Lipinski definition) is 1. The van der Waals surface area contributed by atoms with E-state index < -0.39 is 0 Å². The van der Waals surface area contributed by atoms with Crippen molar-refractivity contribution in [2.75, 3.05) is 43.4 Å². The molecule has 0 unspecified atom stereocenters. The molecule has 1 aromatic rings. The van der Waals surface area contributed by atoms with E-state index in [1.807, 2.05) is 0 Å². The van der Waals surface area contributed by atoms with Crippen LogP contribution in [0.15, 0.2) is 10.8 Å². The number of nitrogen functional groups attached to an aromatic ring is 1. The van der Waals surface area contributed by atoms with Crippen LogP contribution in [0.3, 0.4) is 0 Å². The molecule has 1 aliphatic heterocycles. The number of aromatic nitrogens is 2. The van der Waals surface area contributed by atoms with Crippen molar-refractivity contribution in [3.05, 3.63) is 10.8 Å². The summed E-state index contributed by atoms with van der Waals surface area (Å²) < 4.78 is 0.808. The summed E-state index contributed by atoms with van der Waals surface area (Å²) >= 11 is 3.47. The molecule has 18 heavy (non-hydrogen) atoms. The number of nitrogens with zero attached hydrogens (tertiary/aromatic N) is 4. The van der Waals surface area contributed by atoms with Gasteiger partial charge in [0.25, 0.3) is 0 Å². The third-order valence-electron chi connectivity index (χ3n) is 3.09. The van der Waals surface area contributed by atoms with Gasteiger partial charge in [-0.15, -0.1) is 0 Å². The van der Waals surface area contributed by atoms with Crippen molar-refractivity contribution in [2.24, 2.45) is 5.92 Å². The van der Waals surface area contributed by atoms with Crippen LogP contribution in [0.1, 0.15) is 13.8 Å². The Hall–Kier alpha value is -0.880. The number of hydrogen-bond acceptors (Lipinski definition) is 5. The lowest BCUT2D eigenvalue weighted by Gasteiger charge is -2.36. The Morgan fingerprint density at radius 1 is 1.28 bits per heavy atom. The van der Waals surface area contributed by atoms with Gasteiger partial charge < -0.3 is 10.6 Å². The van der Waals surface area contributed by atoms with Gasteiger partial charge in [0.1, 0.15) is 22.4 Å². The molecular formula is C12H20BrN5. The van der Waals surface area contributed by atoms with Crippen LogP contribution in [0.2, 0.25) is 0 Å². The fourth-order valence-corrected chi connectivity index (χ4v) is 2.71. The highest BCUT2D eigenvalue weighted by molar-refractivity contribution is 9.10. The molecule has 1 saturated heterocycles. The number of rotatable bonds is 3. The van der Waals surface area contributed by atoms with Crippen molar-refractivity contribution in [3.8, 4) is 0 Å². The van der Waals surface area contributed by atoms with E-state index in [1.54, 1.807) is 0 Å². The number of piperazine rings is 1. The average molecular weight is 314 g/mol. The van der Waals surface area contributed by atoms with Crippen molar-refractivity contribution in [2.45, 2.75) is 13.8 Å². The average Bonchev–Trinajstić information content (AvgIpc) is 2.33. The van der Waals surface area contributed by atoms with Gasteiger partial charge in [-0.1, -0.05) is 13.8 Å². The van der Waals surface area contributed by atoms with Gasteiger partial charge in [0.2, 0.25) is 0 Å². The first-order valence-electron chi connectivity index (χ1n) is 6.31. The van der Waals surface area contributed by atoms with Crippen LogP contribution >= 0.6 is 15.9 Å². The lowest BCUT2D eigenvalue weighted by atomic mass is 10.2. The molecule has 0 saturated carbocycles. The highest BCUT2D eigenvalue weighted by Gasteiger charge is 2.21. The Morgan fingerprint density at radius 3 is 2.56 bits per heavy atom. The quantitative estimate of drug-likeness (QED) is 0.918. The molecule has 0 bridgehead atoms. The zero-order valence-electron chi connectivity index (χ0n) is 10.9. The molecule has 0 atom stereocenters. The van der Waals surface area contributed by atoms with E-state index in [2.05, 4.69) is 49.5 Å². The predicted octanol–water partition coefficient (Wildman–Crippen LogP) is 1.60. The van der Waals surface area contributed by atoms with Crippen LogP contribution in [0.5, 0.6) is 0 Å². The maximum atomic E-state index is 5.79. The van der Waals surface area contributed by atoms with Gasteiger partial charge in [0.05, 0.1) is 0 Å². The zero-order valence-corrected chi connectivity index (χ0v) is 12.5. The summed E-state index contributed by atoms with van der Waals surface area (Å²) in [6.07, 6.45) is 1.52. The van der Waals surface area contributed by atoms with E-state index in [0.717, 1.165) is 42.4 Å². The maximum absolute atomic E-state index is 5.79. The standard InChI is InChI=1S/C12H20BrN5/c1-9(2)7-17-3-5-18(6-4-17)12-10(13)11(14)15-8-16-12/h8-9H,3-7H2,1-2H3,(H2,14,15,16). The van der Waals surface area contributed by atoms with Crippen LogP contribution in [0.25, 0.3) is 0 Å². The van der Waals surface area contributed by atoms with E-state index in [0.29, 0.717) is 5.82 Å². The van der Waals surface area contributed by atoms with Gasteiger partial charge in [0.15, 0.2) is 0 Å². The third-order valence-corrected chi connectivity index (χ3v) is 3.85. The second-order valence-electron chi connectivity index (χ2n) is 5.08. The van der Waals surface area contributed by atoms with Crippen molar-refractivity contribution in [1.29, 1.82) is 0 Å². The van der Waals surface area contributed by atoms with Crippen LogP contribution < -0.4 is 10.6 Å². The SMILES string of the molecule is CC(C)CN1CCN(c2ncnc(N)c2Br)CC1. The Bertz CT molecular complexity index is 401. The summed E-state index contributed by atoms with van der Waals surface area (Å²) in [5.74, 6) is 2.13. The molecule has 2 N–H and O–H groups in total. The molecule has 1 fully saturated rings. The molecule has 1 aliphatic rings. The second kappa shape index (κ2) is 5.84. The summed E-state index contributed by atoms with van der Waals surface area (Å²) in [5, 5.41) is 0. The first-order chi connectivity index (χ1) is 8.58. The molecule has 0 radical (unpaired) electrons. The summed E-state index contributed by atoms with van der Waals surface area (Å²) in [4.78, 5) is 13.1. The van der Waals surface area contributed by atoms with E-state index in [-0.39, 0.29) is 0 Å². The Kier molecular flexibility index (Phi) is 4.40. The van der Waals surface area contributed by atoms with Gasteiger partial charge >= 0.3 is 0 Å². The number of halogens is 1. The van der Waals surface area contributed by atoms with Gasteiger partial charge in [0, 0.05) is 32.7 Å². The molecule has 0 aliphatic carbocycles. The number of nitrogens with two attached hydrogens (primary N) is 1. The molecule has 6 heteroatoms. The molecular weight excluding hydrogens is 294 g/mol. The van der Waals surface area contributed by atoms with Gasteiger partial charge in [-0.25, -0.2) is 9.97 Å². The first-order valence-corrected chi connectivity index (χ1v) is 7.10. The molecule has 0 aromatic carbocycles. The monoisotopic (exact) mass is 313 g/mol. The molecule has 1 aromatic heterocycles. The van der Waals surface area contributed by atoms with Crippen LogP contribution in [-0.2, 0) is 0 Å². The van der Waals surface area contributed by atoms with Crippen LogP contribution in [0, 0.1) is 5.92 Å². The van der Waals surface area contributed by atoms with Gasteiger partial charge in [-0.2, -0.15) is 0 Å². The van der Waals surface area contributed by atoms with E-state index in [1.165, 1.54) is 12.9 Å². The largest absolute Gasteiger partial charge is 0.383 e. The Labute approximate surface area is 117 Å². The molecule has 100 valence electrons. The van der Waals surface area contributed by atoms with Gasteiger partial charge in [-0.3, -0.25) is 4.90 Å². The van der Waals surface area contributed by atoms with Gasteiger partial charge in [-0.05, 0) is 21.8 Å². The van der Waals surface area contributed by atoms with E-state index in [4.69, 9.17) is 5.73 Å². The normalized spacial score (nSPS) is 17.4. The highest BCUT2D eigenvalue weighted by Crippen LogP contribution is 2.28. The fraction of sp³-hybridized carbons (Fsp3) is 0.667. The second-order valence-corrected chi connectivity index (χ2v) is 5.87. The summed E-state index contributed by atoms with van der Waals surface area (Å²) in [6, 6.07) is 0. The van der Waals surface area contributed by atoms with E-state index in [9.17, 15) is 0 Å². The minimum atomic E-state index is 0.504. The van der Waals surface area contributed by atoms with Crippen molar-refractivity contribution in [3.63, 3.8) is 0 Å². The minimum absolute atomic E-state index is 0.504. The summed E-state index contributed by atoms with van der Waals surface area (Å²) in [7, 11) is 0. The lowest BCUT2D eigenvalue weighted by Crippen LogP contribution is -2.47. The van der Waals surface area contributed by atoms with Crippen molar-refractivity contribution in [1.82, 2.24) is 14.9 Å². The zero-order chi connectivity index (χ0) is 13.1. The molecule has 2 rings (SSSR count). The lowest BCUT2D eigenvalue weighted by molar-refractivity contribution is 0.231. The van der Waals surface area contributed by atoms with Crippen LogP contribution in [-0.4, -0.2) is 47.6 Å². The van der Waals surface area contributed by atoms with Crippen LogP contribution in [0.4, 0.5) is 11.6 Å². The summed E-state index contributed by atoms with van der Waals surface area (Å²) in [5.41, 5.74) is 5.79. The Morgan fingerprint density at radius 2 is 1.94 bits per heavy atom. The number of anilines is 2. The van der Waals surface area contributed by atoms with Crippen molar-refractivity contribution < 1.29 is 0 Å². The Balaban J connectivity index is 1.99. The van der Waals surface area contributed by atoms with Crippen molar-refractivity contribution >= 4 is 27.6 Å².